The second-order valence-electron chi connectivity index (χ2n) is 7.31. The Morgan fingerprint density at radius 3 is 2.92 bits per heavy atom. The smallest absolute Gasteiger partial charge is 0.317 e. The molecule has 2 aliphatic heterocycles. The molecule has 3 fully saturated rings. The summed E-state index contributed by atoms with van der Waals surface area (Å²) < 4.78 is 5.28. The van der Waals surface area contributed by atoms with E-state index in [0.29, 0.717) is 37.9 Å². The third kappa shape index (κ3) is 3.30. The van der Waals surface area contributed by atoms with Gasteiger partial charge < -0.3 is 19.9 Å². The van der Waals surface area contributed by atoms with Crippen molar-refractivity contribution < 1.29 is 14.3 Å². The van der Waals surface area contributed by atoms with Crippen molar-refractivity contribution in [2.24, 2.45) is 5.92 Å². The maximum absolute atomic E-state index is 12.2. The Morgan fingerprint density at radius 2 is 2.20 bits per heavy atom. The average molecular weight is 343 g/mol. The zero-order valence-corrected chi connectivity index (χ0v) is 14.6. The van der Waals surface area contributed by atoms with Gasteiger partial charge in [-0.1, -0.05) is 12.1 Å². The van der Waals surface area contributed by atoms with E-state index in [0.717, 1.165) is 25.1 Å². The normalized spacial score (nSPS) is 25.7. The van der Waals surface area contributed by atoms with E-state index in [1.807, 2.05) is 17.0 Å². The van der Waals surface area contributed by atoms with Gasteiger partial charge in [0, 0.05) is 32.6 Å². The molecule has 3 aliphatic rings. The monoisotopic (exact) mass is 343 g/mol. The number of methoxy groups -OCH3 is 1. The van der Waals surface area contributed by atoms with Crippen LogP contribution in [0.5, 0.6) is 5.75 Å². The van der Waals surface area contributed by atoms with Crippen LogP contribution in [0.15, 0.2) is 24.3 Å². The lowest BCUT2D eigenvalue weighted by molar-refractivity contribution is -0.132. The van der Waals surface area contributed by atoms with Crippen molar-refractivity contribution in [3.05, 3.63) is 29.8 Å². The number of benzene rings is 1. The van der Waals surface area contributed by atoms with E-state index in [1.54, 1.807) is 12.0 Å². The number of ether oxygens (including phenoxy) is 1. The fourth-order valence-corrected chi connectivity index (χ4v) is 3.96. The molecule has 134 valence electrons. The Hall–Kier alpha value is -2.24. The van der Waals surface area contributed by atoms with Crippen LogP contribution in [0.4, 0.5) is 4.79 Å². The molecular weight excluding hydrogens is 318 g/mol. The topological polar surface area (TPSA) is 61.9 Å². The number of nitrogens with zero attached hydrogens (tertiary/aromatic N) is 2. The highest BCUT2D eigenvalue weighted by Gasteiger charge is 2.41. The quantitative estimate of drug-likeness (QED) is 0.887. The minimum Gasteiger partial charge on any atom is -0.497 e. The molecule has 1 aliphatic carbocycles. The molecule has 2 saturated heterocycles. The zero-order valence-electron chi connectivity index (χ0n) is 14.6. The molecule has 2 heterocycles. The lowest BCUT2D eigenvalue weighted by atomic mass is 10.1. The van der Waals surface area contributed by atoms with Crippen molar-refractivity contribution in [1.82, 2.24) is 15.1 Å². The predicted octanol–water partition coefficient (Wildman–Crippen LogP) is 1.81. The molecule has 1 aromatic carbocycles. The highest BCUT2D eigenvalue weighted by Crippen LogP contribution is 2.47. The Kier molecular flexibility index (Phi) is 4.27. The van der Waals surface area contributed by atoms with E-state index >= 15 is 0 Å². The van der Waals surface area contributed by atoms with Crippen molar-refractivity contribution in [2.75, 3.05) is 33.3 Å². The van der Waals surface area contributed by atoms with Crippen molar-refractivity contribution in [1.29, 1.82) is 0 Å². The van der Waals surface area contributed by atoms with Crippen molar-refractivity contribution in [3.63, 3.8) is 0 Å². The summed E-state index contributed by atoms with van der Waals surface area (Å²) in [6.07, 6.45) is 2.73. The number of nitrogens with one attached hydrogen (secondary N) is 1. The third-order valence-electron chi connectivity index (χ3n) is 5.66. The fourth-order valence-electron chi connectivity index (χ4n) is 3.96. The molecule has 1 saturated carbocycles. The molecule has 0 radical (unpaired) electrons. The van der Waals surface area contributed by atoms with Crippen molar-refractivity contribution >= 4 is 11.9 Å². The van der Waals surface area contributed by atoms with E-state index in [2.05, 4.69) is 17.4 Å². The first-order chi connectivity index (χ1) is 12.2. The predicted molar refractivity (Wildman–Crippen MR) is 93.5 cm³/mol. The van der Waals surface area contributed by atoms with Crippen molar-refractivity contribution in [3.8, 4) is 5.75 Å². The third-order valence-corrected chi connectivity index (χ3v) is 5.66. The van der Waals surface area contributed by atoms with Crippen LogP contribution < -0.4 is 10.1 Å². The molecule has 6 heteroatoms. The maximum Gasteiger partial charge on any atom is 0.317 e. The first-order valence-electron chi connectivity index (χ1n) is 9.12. The number of hydrogen-bond donors (Lipinski definition) is 1. The van der Waals surface area contributed by atoms with Gasteiger partial charge in [-0.25, -0.2) is 4.79 Å². The largest absolute Gasteiger partial charge is 0.497 e. The van der Waals surface area contributed by atoms with E-state index in [9.17, 15) is 9.59 Å². The van der Waals surface area contributed by atoms with Crippen LogP contribution in [0.3, 0.4) is 0 Å². The lowest BCUT2D eigenvalue weighted by Crippen LogP contribution is -2.63. The van der Waals surface area contributed by atoms with Crippen LogP contribution in [0.25, 0.3) is 0 Å². The summed E-state index contributed by atoms with van der Waals surface area (Å²) >= 11 is 0. The van der Waals surface area contributed by atoms with Crippen molar-refractivity contribution in [2.45, 2.75) is 31.2 Å². The van der Waals surface area contributed by atoms with Crippen LogP contribution in [0, 0.1) is 5.92 Å². The molecule has 1 aromatic rings. The summed E-state index contributed by atoms with van der Waals surface area (Å²) in [4.78, 5) is 27.7. The number of rotatable bonds is 5. The van der Waals surface area contributed by atoms with Gasteiger partial charge in [-0.15, -0.1) is 0 Å². The molecule has 0 unspecified atom stereocenters. The van der Waals surface area contributed by atoms with Crippen LogP contribution in [-0.4, -0.2) is 61.1 Å². The van der Waals surface area contributed by atoms with Gasteiger partial charge in [-0.2, -0.15) is 0 Å². The Labute approximate surface area is 148 Å². The molecule has 0 bridgehead atoms. The number of urea groups is 1. The maximum atomic E-state index is 12.2. The molecule has 2 atom stereocenters. The number of amides is 3. The standard InChI is InChI=1S/C19H25N3O3/c1-25-16-5-2-4-13(8-16)17-9-14(17)10-20-19(24)21-11-15(12-21)22-7-3-6-18(22)23/h2,4-5,8,14-15,17H,3,6-7,9-12H2,1H3,(H,20,24)/t14-,17-/m0/s1. The van der Waals surface area contributed by atoms with Gasteiger partial charge in [0.05, 0.1) is 13.2 Å². The van der Waals surface area contributed by atoms with E-state index in [1.165, 1.54) is 5.56 Å². The number of hydrogen-bond acceptors (Lipinski definition) is 3. The summed E-state index contributed by atoms with van der Waals surface area (Å²) in [6.45, 7) is 2.90. The zero-order chi connectivity index (χ0) is 17.4. The molecule has 6 nitrogen and oxygen atoms in total. The molecular formula is C19H25N3O3. The van der Waals surface area contributed by atoms with Crippen LogP contribution >= 0.6 is 0 Å². The first-order valence-corrected chi connectivity index (χ1v) is 9.12. The van der Waals surface area contributed by atoms with Gasteiger partial charge in [-0.05, 0) is 42.4 Å². The summed E-state index contributed by atoms with van der Waals surface area (Å²) in [5.74, 6) is 2.15. The second-order valence-corrected chi connectivity index (χ2v) is 7.31. The molecule has 3 amide bonds. The SMILES string of the molecule is COc1cccc([C@@H]2C[C@H]2CNC(=O)N2CC(N3CCCC3=O)C2)c1. The van der Waals surface area contributed by atoms with E-state index < -0.39 is 0 Å². The lowest BCUT2D eigenvalue weighted by Gasteiger charge is -2.43. The fraction of sp³-hybridized carbons (Fsp3) is 0.579. The summed E-state index contributed by atoms with van der Waals surface area (Å²) in [7, 11) is 1.68. The van der Waals surface area contributed by atoms with Gasteiger partial charge >= 0.3 is 6.03 Å². The second kappa shape index (κ2) is 6.58. The van der Waals surface area contributed by atoms with Gasteiger partial charge in [0.15, 0.2) is 0 Å². The number of carbonyl (C=O) groups excluding carboxylic acids is 2. The van der Waals surface area contributed by atoms with Crippen LogP contribution in [0.1, 0.15) is 30.7 Å². The van der Waals surface area contributed by atoms with Crippen LogP contribution in [-0.2, 0) is 4.79 Å². The molecule has 1 N–H and O–H groups in total. The Balaban J connectivity index is 1.20. The minimum absolute atomic E-state index is 0.000752. The minimum atomic E-state index is -0.000752. The van der Waals surface area contributed by atoms with Gasteiger partial charge in [0.25, 0.3) is 0 Å². The first kappa shape index (κ1) is 16.2. The summed E-state index contributed by atoms with van der Waals surface area (Å²) in [6, 6.07) is 8.41. The number of likely N-dealkylation sites (tertiary alicyclic amines) is 2. The highest BCUT2D eigenvalue weighted by atomic mass is 16.5. The molecule has 25 heavy (non-hydrogen) atoms. The van der Waals surface area contributed by atoms with E-state index in [4.69, 9.17) is 4.74 Å². The number of carbonyl (C=O) groups is 2. The molecule has 4 rings (SSSR count). The summed E-state index contributed by atoms with van der Waals surface area (Å²) in [5, 5.41) is 3.05. The molecule has 0 spiro atoms. The Bertz CT molecular complexity index is 672. The summed E-state index contributed by atoms with van der Waals surface area (Å²) in [5.41, 5.74) is 1.29. The highest BCUT2D eigenvalue weighted by molar-refractivity contribution is 5.80. The van der Waals surface area contributed by atoms with Gasteiger partial charge in [-0.3, -0.25) is 4.79 Å². The average Bonchev–Trinajstić information content (AvgIpc) is 3.26. The van der Waals surface area contributed by atoms with Crippen LogP contribution in [0.2, 0.25) is 0 Å². The van der Waals surface area contributed by atoms with Gasteiger partial charge in [0.1, 0.15) is 5.75 Å². The Morgan fingerprint density at radius 1 is 1.36 bits per heavy atom. The van der Waals surface area contributed by atoms with Gasteiger partial charge in [0.2, 0.25) is 5.91 Å². The molecule has 0 aromatic heterocycles. The van der Waals surface area contributed by atoms with E-state index in [-0.39, 0.29) is 18.0 Å².